The Morgan fingerprint density at radius 1 is 1.07 bits per heavy atom. The molecule has 1 fully saturated rings. The van der Waals surface area contributed by atoms with Gasteiger partial charge in [0.2, 0.25) is 11.8 Å². The molecule has 0 spiro atoms. The maximum Gasteiger partial charge on any atom is 0.319 e. The van der Waals surface area contributed by atoms with E-state index in [1.807, 2.05) is 32.0 Å². The summed E-state index contributed by atoms with van der Waals surface area (Å²) in [6.45, 7) is 5.04. The molecular weight excluding hydrogens is 344 g/mol. The minimum absolute atomic E-state index is 0.0173. The van der Waals surface area contributed by atoms with E-state index >= 15 is 0 Å². The number of likely N-dealkylation sites (N-methyl/N-ethyl adjacent to an activating group) is 1. The fourth-order valence-electron chi connectivity index (χ4n) is 3.40. The molecule has 0 atom stereocenters. The van der Waals surface area contributed by atoms with Crippen molar-refractivity contribution in [3.05, 3.63) is 29.3 Å². The van der Waals surface area contributed by atoms with E-state index < -0.39 is 0 Å². The van der Waals surface area contributed by atoms with Gasteiger partial charge >= 0.3 is 6.03 Å². The van der Waals surface area contributed by atoms with Gasteiger partial charge in [-0.2, -0.15) is 0 Å². The van der Waals surface area contributed by atoms with Gasteiger partial charge in [0, 0.05) is 45.8 Å². The normalized spacial score (nSPS) is 14.6. The number of carbonyl (C=O) groups is 3. The Labute approximate surface area is 161 Å². The van der Waals surface area contributed by atoms with Gasteiger partial charge in [-0.15, -0.1) is 0 Å². The molecule has 27 heavy (non-hydrogen) atoms. The molecule has 1 aromatic rings. The molecule has 148 valence electrons. The molecular formula is C20H30N4O3. The van der Waals surface area contributed by atoms with E-state index in [4.69, 9.17) is 0 Å². The van der Waals surface area contributed by atoms with E-state index in [1.165, 1.54) is 4.90 Å². The molecule has 0 radical (unpaired) electrons. The van der Waals surface area contributed by atoms with Crippen LogP contribution in [0.5, 0.6) is 0 Å². The van der Waals surface area contributed by atoms with Gasteiger partial charge in [-0.05, 0) is 37.8 Å². The SMILES string of the molecule is Cc1cccc(C)c1NC(=O)CN(C)C(=O)C1CCN(C(=O)N(C)C)CC1. The lowest BCUT2D eigenvalue weighted by Crippen LogP contribution is -2.47. The lowest BCUT2D eigenvalue weighted by atomic mass is 9.95. The molecule has 7 heteroatoms. The van der Waals surface area contributed by atoms with Crippen LogP contribution in [0.4, 0.5) is 10.5 Å². The summed E-state index contributed by atoms with van der Waals surface area (Å²) in [5.41, 5.74) is 2.80. The summed E-state index contributed by atoms with van der Waals surface area (Å²) in [5.74, 6) is -0.388. The third-order valence-corrected chi connectivity index (χ3v) is 5.00. The number of piperidine rings is 1. The van der Waals surface area contributed by atoms with E-state index in [-0.39, 0.29) is 30.3 Å². The van der Waals surface area contributed by atoms with Crippen LogP contribution in [-0.2, 0) is 9.59 Å². The Bertz CT molecular complexity index is 689. The first kappa shape index (κ1) is 20.7. The highest BCUT2D eigenvalue weighted by Gasteiger charge is 2.30. The molecule has 2 rings (SSSR count). The predicted molar refractivity (Wildman–Crippen MR) is 106 cm³/mol. The Balaban J connectivity index is 1.87. The number of benzene rings is 1. The average molecular weight is 374 g/mol. The fraction of sp³-hybridized carbons (Fsp3) is 0.550. The summed E-state index contributed by atoms with van der Waals surface area (Å²) >= 11 is 0. The summed E-state index contributed by atoms with van der Waals surface area (Å²) < 4.78 is 0. The number of hydrogen-bond donors (Lipinski definition) is 1. The largest absolute Gasteiger partial charge is 0.336 e. The molecule has 0 unspecified atom stereocenters. The van der Waals surface area contributed by atoms with Crippen molar-refractivity contribution in [3.8, 4) is 0 Å². The predicted octanol–water partition coefficient (Wildman–Crippen LogP) is 2.09. The number of carbonyl (C=O) groups excluding carboxylic acids is 3. The summed E-state index contributed by atoms with van der Waals surface area (Å²) in [7, 11) is 5.11. The van der Waals surface area contributed by atoms with Crippen LogP contribution in [0.25, 0.3) is 0 Å². The van der Waals surface area contributed by atoms with Crippen molar-refractivity contribution in [1.82, 2.24) is 14.7 Å². The zero-order valence-corrected chi connectivity index (χ0v) is 16.9. The van der Waals surface area contributed by atoms with Crippen LogP contribution in [0, 0.1) is 19.8 Å². The molecule has 0 aliphatic carbocycles. The van der Waals surface area contributed by atoms with Crippen molar-refractivity contribution in [1.29, 1.82) is 0 Å². The summed E-state index contributed by atoms with van der Waals surface area (Å²) in [6, 6.07) is 5.81. The summed E-state index contributed by atoms with van der Waals surface area (Å²) in [4.78, 5) is 41.8. The van der Waals surface area contributed by atoms with Crippen LogP contribution >= 0.6 is 0 Å². The maximum absolute atomic E-state index is 12.7. The standard InChI is InChI=1S/C20H30N4O3/c1-14-7-6-8-15(2)18(14)21-17(25)13-23(5)19(26)16-9-11-24(12-10-16)20(27)22(3)4/h6-8,16H,9-13H2,1-5H3,(H,21,25). The van der Waals surface area contributed by atoms with Gasteiger partial charge < -0.3 is 20.0 Å². The van der Waals surface area contributed by atoms with Crippen LogP contribution < -0.4 is 5.32 Å². The second-order valence-corrected chi connectivity index (χ2v) is 7.45. The summed E-state index contributed by atoms with van der Waals surface area (Å²) in [6.07, 6.45) is 1.25. The molecule has 0 saturated carbocycles. The number of aryl methyl sites for hydroxylation is 2. The molecule has 4 amide bonds. The van der Waals surface area contributed by atoms with Crippen LogP contribution in [0.15, 0.2) is 18.2 Å². The average Bonchev–Trinajstić information content (AvgIpc) is 2.63. The molecule has 7 nitrogen and oxygen atoms in total. The molecule has 1 aliphatic rings. The van der Waals surface area contributed by atoms with Crippen LogP contribution in [0.1, 0.15) is 24.0 Å². The molecule has 1 saturated heterocycles. The van der Waals surface area contributed by atoms with Crippen molar-refractivity contribution < 1.29 is 14.4 Å². The van der Waals surface area contributed by atoms with E-state index in [9.17, 15) is 14.4 Å². The summed E-state index contributed by atoms with van der Waals surface area (Å²) in [5, 5.41) is 2.91. The lowest BCUT2D eigenvalue weighted by molar-refractivity contribution is -0.138. The van der Waals surface area contributed by atoms with Crippen LogP contribution in [0.2, 0.25) is 0 Å². The Hall–Kier alpha value is -2.57. The molecule has 0 bridgehead atoms. The van der Waals surface area contributed by atoms with E-state index in [1.54, 1.807) is 30.9 Å². The topological polar surface area (TPSA) is 73.0 Å². The highest BCUT2D eigenvalue weighted by molar-refractivity contribution is 5.96. The molecule has 1 heterocycles. The molecule has 1 aliphatic heterocycles. The zero-order chi connectivity index (χ0) is 20.1. The van der Waals surface area contributed by atoms with E-state index in [2.05, 4.69) is 5.32 Å². The third kappa shape index (κ3) is 5.21. The van der Waals surface area contributed by atoms with Crippen molar-refractivity contribution in [2.75, 3.05) is 46.1 Å². The Morgan fingerprint density at radius 2 is 1.63 bits per heavy atom. The Morgan fingerprint density at radius 3 is 2.15 bits per heavy atom. The second kappa shape index (κ2) is 8.88. The quantitative estimate of drug-likeness (QED) is 0.877. The van der Waals surface area contributed by atoms with E-state index in [0.717, 1.165) is 16.8 Å². The highest BCUT2D eigenvalue weighted by atomic mass is 16.2. The van der Waals surface area contributed by atoms with Gasteiger partial charge in [-0.25, -0.2) is 4.79 Å². The van der Waals surface area contributed by atoms with Gasteiger partial charge in [0.1, 0.15) is 0 Å². The van der Waals surface area contributed by atoms with Crippen molar-refractivity contribution in [2.24, 2.45) is 5.92 Å². The fourth-order valence-corrected chi connectivity index (χ4v) is 3.40. The number of para-hydroxylation sites is 1. The number of rotatable bonds is 4. The smallest absolute Gasteiger partial charge is 0.319 e. The van der Waals surface area contributed by atoms with Crippen LogP contribution in [-0.4, -0.2) is 73.3 Å². The second-order valence-electron chi connectivity index (χ2n) is 7.45. The van der Waals surface area contributed by atoms with E-state index in [0.29, 0.717) is 25.9 Å². The minimum Gasteiger partial charge on any atom is -0.336 e. The number of nitrogens with zero attached hydrogens (tertiary/aromatic N) is 3. The van der Waals surface area contributed by atoms with Crippen molar-refractivity contribution in [3.63, 3.8) is 0 Å². The zero-order valence-electron chi connectivity index (χ0n) is 16.9. The molecule has 1 aromatic carbocycles. The van der Waals surface area contributed by atoms with Gasteiger partial charge in [-0.1, -0.05) is 18.2 Å². The third-order valence-electron chi connectivity index (χ3n) is 5.00. The Kier molecular flexibility index (Phi) is 6.82. The number of urea groups is 1. The van der Waals surface area contributed by atoms with Crippen LogP contribution in [0.3, 0.4) is 0 Å². The lowest BCUT2D eigenvalue weighted by Gasteiger charge is -2.34. The molecule has 0 aromatic heterocycles. The number of amides is 4. The molecule has 1 N–H and O–H groups in total. The van der Waals surface area contributed by atoms with Crippen molar-refractivity contribution in [2.45, 2.75) is 26.7 Å². The first-order valence-electron chi connectivity index (χ1n) is 9.28. The maximum atomic E-state index is 12.7. The van der Waals surface area contributed by atoms with Gasteiger partial charge in [-0.3, -0.25) is 9.59 Å². The monoisotopic (exact) mass is 374 g/mol. The van der Waals surface area contributed by atoms with Crippen molar-refractivity contribution >= 4 is 23.5 Å². The van der Waals surface area contributed by atoms with Gasteiger partial charge in [0.15, 0.2) is 0 Å². The number of hydrogen-bond acceptors (Lipinski definition) is 3. The first-order valence-corrected chi connectivity index (χ1v) is 9.28. The number of nitrogens with one attached hydrogen (secondary N) is 1. The first-order chi connectivity index (χ1) is 12.7. The van der Waals surface area contributed by atoms with Gasteiger partial charge in [0.25, 0.3) is 0 Å². The number of likely N-dealkylation sites (tertiary alicyclic amines) is 1. The minimum atomic E-state index is -0.205. The number of anilines is 1. The van der Waals surface area contributed by atoms with Gasteiger partial charge in [0.05, 0.1) is 6.54 Å². The highest BCUT2D eigenvalue weighted by Crippen LogP contribution is 2.21.